The summed E-state index contributed by atoms with van der Waals surface area (Å²) in [6, 6.07) is 1.70. The monoisotopic (exact) mass is 337 g/mol. The number of hydrogen-bond donors (Lipinski definition) is 2. The van der Waals surface area contributed by atoms with Gasteiger partial charge in [0.15, 0.2) is 0 Å². The summed E-state index contributed by atoms with van der Waals surface area (Å²) in [4.78, 5) is -0.251. The molecule has 0 bridgehead atoms. The number of aliphatic hydroxyl groups is 1. The third-order valence-electron chi connectivity index (χ3n) is 3.57. The van der Waals surface area contributed by atoms with Crippen molar-refractivity contribution >= 4 is 21.6 Å². The van der Waals surface area contributed by atoms with E-state index in [4.69, 9.17) is 21.4 Å². The van der Waals surface area contributed by atoms with Gasteiger partial charge in [-0.15, -0.1) is 0 Å². The third-order valence-corrected chi connectivity index (χ3v) is 5.53. The van der Waals surface area contributed by atoms with Crippen molar-refractivity contribution in [2.45, 2.75) is 30.9 Å². The number of aliphatic hydroxyl groups excluding tert-OH is 1. The zero-order valence-corrected chi connectivity index (χ0v) is 13.0. The Kier molecular flexibility index (Phi) is 5.21. The quantitative estimate of drug-likeness (QED) is 0.857. The molecule has 2 unspecified atom stereocenters. The van der Waals surface area contributed by atoms with Crippen LogP contribution in [0, 0.1) is 11.7 Å². The molecule has 0 amide bonds. The lowest BCUT2D eigenvalue weighted by Crippen LogP contribution is -2.38. The van der Waals surface area contributed by atoms with Crippen molar-refractivity contribution in [3.63, 3.8) is 0 Å². The molecule has 1 fully saturated rings. The molecule has 0 aliphatic carbocycles. The van der Waals surface area contributed by atoms with E-state index in [1.165, 1.54) is 6.07 Å². The van der Waals surface area contributed by atoms with Gasteiger partial charge in [-0.25, -0.2) is 17.5 Å². The molecule has 1 saturated heterocycles. The normalized spacial score (nSPS) is 20.7. The van der Waals surface area contributed by atoms with Gasteiger partial charge in [0.1, 0.15) is 5.82 Å². The lowest BCUT2D eigenvalue weighted by Gasteiger charge is -2.19. The van der Waals surface area contributed by atoms with E-state index in [0.29, 0.717) is 13.2 Å². The predicted octanol–water partition coefficient (Wildman–Crippen LogP) is 1.67. The minimum atomic E-state index is -3.88. The summed E-state index contributed by atoms with van der Waals surface area (Å²) in [5, 5.41) is 8.83. The highest BCUT2D eigenvalue weighted by Gasteiger charge is 2.27. The van der Waals surface area contributed by atoms with E-state index in [-0.39, 0.29) is 27.4 Å². The fraction of sp³-hybridized carbons (Fsp3) is 0.538. The van der Waals surface area contributed by atoms with Crippen molar-refractivity contribution in [2.24, 2.45) is 5.92 Å². The lowest BCUT2D eigenvalue weighted by atomic mass is 10.0. The highest BCUT2D eigenvalue weighted by atomic mass is 35.5. The minimum absolute atomic E-state index is 0.0360. The fourth-order valence-corrected chi connectivity index (χ4v) is 3.79. The van der Waals surface area contributed by atoms with Gasteiger partial charge in [0, 0.05) is 24.1 Å². The molecule has 8 heteroatoms. The van der Waals surface area contributed by atoms with E-state index >= 15 is 0 Å². The van der Waals surface area contributed by atoms with E-state index in [1.807, 2.05) is 0 Å². The number of hydrogen-bond acceptors (Lipinski definition) is 4. The van der Waals surface area contributed by atoms with Crippen molar-refractivity contribution < 1.29 is 22.7 Å². The van der Waals surface area contributed by atoms with Gasteiger partial charge in [-0.2, -0.15) is 0 Å². The van der Waals surface area contributed by atoms with Crippen LogP contribution >= 0.6 is 11.6 Å². The molecular weight excluding hydrogens is 321 g/mol. The van der Waals surface area contributed by atoms with Gasteiger partial charge in [0.25, 0.3) is 0 Å². The van der Waals surface area contributed by atoms with Crippen molar-refractivity contribution in [2.75, 3.05) is 13.2 Å². The highest BCUT2D eigenvalue weighted by molar-refractivity contribution is 7.89. The van der Waals surface area contributed by atoms with Crippen LogP contribution in [0.3, 0.4) is 0 Å². The van der Waals surface area contributed by atoms with Crippen LogP contribution in [0.1, 0.15) is 18.9 Å². The Morgan fingerprint density at radius 1 is 1.57 bits per heavy atom. The molecular formula is C13H17ClFNO4S. The second-order valence-corrected chi connectivity index (χ2v) is 7.16. The summed E-state index contributed by atoms with van der Waals surface area (Å²) < 4.78 is 46.0. The van der Waals surface area contributed by atoms with Crippen LogP contribution in [-0.2, 0) is 21.4 Å². The second-order valence-electron chi connectivity index (χ2n) is 5.07. The van der Waals surface area contributed by atoms with Crippen molar-refractivity contribution in [1.29, 1.82) is 0 Å². The van der Waals surface area contributed by atoms with Crippen LogP contribution in [0.25, 0.3) is 0 Å². The number of sulfonamides is 1. The average molecular weight is 338 g/mol. The van der Waals surface area contributed by atoms with E-state index in [2.05, 4.69) is 4.72 Å². The Labute approximate surface area is 128 Å². The molecule has 2 rings (SSSR count). The van der Waals surface area contributed by atoms with Crippen molar-refractivity contribution in [1.82, 2.24) is 4.72 Å². The summed E-state index contributed by atoms with van der Waals surface area (Å²) in [7, 11) is -3.88. The molecule has 1 aliphatic heterocycles. The number of ether oxygens (including phenoxy) is 1. The van der Waals surface area contributed by atoms with Crippen LogP contribution in [-0.4, -0.2) is 32.8 Å². The van der Waals surface area contributed by atoms with Gasteiger partial charge < -0.3 is 9.84 Å². The van der Waals surface area contributed by atoms with E-state index in [0.717, 1.165) is 12.5 Å². The number of halogens is 2. The van der Waals surface area contributed by atoms with Crippen LogP contribution in [0.4, 0.5) is 4.39 Å². The zero-order valence-electron chi connectivity index (χ0n) is 11.5. The minimum Gasteiger partial charge on any atom is -0.392 e. The van der Waals surface area contributed by atoms with Crippen LogP contribution in [0.2, 0.25) is 5.02 Å². The smallest absolute Gasteiger partial charge is 0.240 e. The molecule has 1 heterocycles. The highest BCUT2D eigenvalue weighted by Crippen LogP contribution is 2.25. The Balaban J connectivity index is 2.24. The second kappa shape index (κ2) is 6.58. The molecule has 0 spiro atoms. The largest absolute Gasteiger partial charge is 0.392 e. The predicted molar refractivity (Wildman–Crippen MR) is 76.0 cm³/mol. The van der Waals surface area contributed by atoms with Crippen molar-refractivity contribution in [3.05, 3.63) is 28.5 Å². The fourth-order valence-electron chi connectivity index (χ4n) is 2.24. The Bertz CT molecular complexity index is 617. The molecule has 2 N–H and O–H groups in total. The van der Waals surface area contributed by atoms with E-state index < -0.39 is 22.4 Å². The van der Waals surface area contributed by atoms with Gasteiger partial charge in [0.05, 0.1) is 23.1 Å². The van der Waals surface area contributed by atoms with Crippen LogP contribution in [0.15, 0.2) is 17.0 Å². The Morgan fingerprint density at radius 3 is 2.86 bits per heavy atom. The summed E-state index contributed by atoms with van der Waals surface area (Å²) in [6.07, 6.45) is 0.778. The van der Waals surface area contributed by atoms with Gasteiger partial charge >= 0.3 is 0 Å². The van der Waals surface area contributed by atoms with E-state index in [1.54, 1.807) is 6.92 Å². The van der Waals surface area contributed by atoms with Crippen LogP contribution in [0.5, 0.6) is 0 Å². The van der Waals surface area contributed by atoms with Gasteiger partial charge in [-0.3, -0.25) is 0 Å². The number of nitrogens with one attached hydrogen (secondary N) is 1. The Morgan fingerprint density at radius 2 is 2.29 bits per heavy atom. The molecule has 2 atom stereocenters. The summed E-state index contributed by atoms with van der Waals surface area (Å²) in [6.45, 7) is 2.32. The van der Waals surface area contributed by atoms with Crippen LogP contribution < -0.4 is 4.72 Å². The Hall–Kier alpha value is -0.730. The molecule has 21 heavy (non-hydrogen) atoms. The maximum atomic E-state index is 13.6. The van der Waals surface area contributed by atoms with Gasteiger partial charge in [-0.05, 0) is 25.5 Å². The molecule has 1 aromatic rings. The number of benzene rings is 1. The standard InChI is InChI=1S/C13H17ClFNO4S/c1-8(9-2-3-20-7-9)16-21(18,19)11-4-10(6-17)13(14)12(15)5-11/h4-5,8-9,16-17H,2-3,6-7H2,1H3. The first-order valence-electron chi connectivity index (χ1n) is 6.54. The molecule has 0 radical (unpaired) electrons. The molecule has 1 aromatic carbocycles. The SMILES string of the molecule is CC(NS(=O)(=O)c1cc(F)c(Cl)c(CO)c1)C1CCOC1. The molecule has 118 valence electrons. The maximum absolute atomic E-state index is 13.6. The molecule has 0 aromatic heterocycles. The molecule has 1 aliphatic rings. The molecule has 0 saturated carbocycles. The van der Waals surface area contributed by atoms with Gasteiger partial charge in [-0.1, -0.05) is 11.6 Å². The first-order valence-corrected chi connectivity index (χ1v) is 8.40. The first kappa shape index (κ1) is 16.6. The summed E-state index contributed by atoms with van der Waals surface area (Å²) >= 11 is 5.66. The first-order chi connectivity index (χ1) is 9.85. The average Bonchev–Trinajstić information content (AvgIpc) is 2.95. The zero-order chi connectivity index (χ0) is 15.6. The maximum Gasteiger partial charge on any atom is 0.240 e. The summed E-state index contributed by atoms with van der Waals surface area (Å²) in [5.41, 5.74) is 0.0360. The van der Waals surface area contributed by atoms with E-state index in [9.17, 15) is 12.8 Å². The third kappa shape index (κ3) is 3.73. The lowest BCUT2D eigenvalue weighted by molar-refractivity contribution is 0.180. The number of rotatable bonds is 5. The summed E-state index contributed by atoms with van der Waals surface area (Å²) in [5.74, 6) is -0.783. The molecule has 5 nitrogen and oxygen atoms in total. The topological polar surface area (TPSA) is 75.6 Å². The van der Waals surface area contributed by atoms with Crippen molar-refractivity contribution in [3.8, 4) is 0 Å². The van der Waals surface area contributed by atoms with Gasteiger partial charge in [0.2, 0.25) is 10.0 Å².